The van der Waals surface area contributed by atoms with Crippen LogP contribution in [-0.4, -0.2) is 15.8 Å². The van der Waals surface area contributed by atoms with Gasteiger partial charge in [-0.05, 0) is 48.7 Å². The van der Waals surface area contributed by atoms with Crippen LogP contribution in [0.4, 0.5) is 11.4 Å². The molecule has 0 spiro atoms. The molecule has 2 aromatic heterocycles. The van der Waals surface area contributed by atoms with Crippen LogP contribution in [-0.2, 0) is 6.42 Å². The maximum Gasteiger partial charge on any atom is 0.166 e. The van der Waals surface area contributed by atoms with Crippen molar-refractivity contribution >= 4 is 28.1 Å². The van der Waals surface area contributed by atoms with Crippen LogP contribution in [0.25, 0.3) is 22.0 Å². The lowest BCUT2D eigenvalue weighted by Crippen LogP contribution is -2.05. The molecular weight excluding hydrogens is 382 g/mol. The lowest BCUT2D eigenvalue weighted by Gasteiger charge is -2.15. The highest BCUT2D eigenvalue weighted by atomic mass is 16.1. The number of nitrogens with one attached hydrogen (secondary N) is 1. The first-order valence-electron chi connectivity index (χ1n) is 10.9. The number of hydrogen-bond donors (Lipinski definition) is 1. The predicted molar refractivity (Wildman–Crippen MR) is 128 cm³/mol. The van der Waals surface area contributed by atoms with Gasteiger partial charge in [-0.2, -0.15) is 0 Å². The molecule has 0 aliphatic rings. The van der Waals surface area contributed by atoms with Crippen molar-refractivity contribution < 1.29 is 4.79 Å². The van der Waals surface area contributed by atoms with Crippen LogP contribution in [0.1, 0.15) is 49.2 Å². The molecule has 0 aliphatic heterocycles. The zero-order valence-corrected chi connectivity index (χ0v) is 18.1. The number of aromatic nitrogens is 2. The fourth-order valence-electron chi connectivity index (χ4n) is 3.68. The normalized spacial score (nSPS) is 10.9. The number of anilines is 2. The summed E-state index contributed by atoms with van der Waals surface area (Å²) in [6.45, 7) is 4.07. The lowest BCUT2D eigenvalue weighted by molar-refractivity contribution is 0.0989. The Kier molecular flexibility index (Phi) is 6.37. The molecule has 31 heavy (non-hydrogen) atoms. The van der Waals surface area contributed by atoms with E-state index in [1.807, 2.05) is 49.5 Å². The van der Waals surface area contributed by atoms with E-state index >= 15 is 0 Å². The van der Waals surface area contributed by atoms with Gasteiger partial charge in [0, 0.05) is 41.1 Å². The van der Waals surface area contributed by atoms with Crippen LogP contribution in [0, 0.1) is 0 Å². The van der Waals surface area contributed by atoms with Gasteiger partial charge in [0.2, 0.25) is 0 Å². The number of unbranched alkanes of at least 4 members (excludes halogenated alkanes) is 1. The second-order valence-electron chi connectivity index (χ2n) is 7.69. The molecule has 2 heterocycles. The summed E-state index contributed by atoms with van der Waals surface area (Å²) < 4.78 is 0. The molecule has 1 N–H and O–H groups in total. The minimum absolute atomic E-state index is 0.0696. The van der Waals surface area contributed by atoms with E-state index in [0.29, 0.717) is 12.0 Å². The summed E-state index contributed by atoms with van der Waals surface area (Å²) >= 11 is 0. The van der Waals surface area contributed by atoms with E-state index in [0.717, 1.165) is 58.4 Å². The number of rotatable bonds is 8. The van der Waals surface area contributed by atoms with E-state index in [1.54, 1.807) is 6.20 Å². The summed E-state index contributed by atoms with van der Waals surface area (Å²) in [5.74, 6) is 0.0696. The zero-order chi connectivity index (χ0) is 21.6. The summed E-state index contributed by atoms with van der Waals surface area (Å²) in [4.78, 5) is 21.9. The highest BCUT2D eigenvalue weighted by molar-refractivity contribution is 6.09. The predicted octanol–water partition coefficient (Wildman–Crippen LogP) is 6.98. The van der Waals surface area contributed by atoms with Gasteiger partial charge in [0.15, 0.2) is 5.78 Å². The van der Waals surface area contributed by atoms with E-state index in [9.17, 15) is 4.79 Å². The van der Waals surface area contributed by atoms with Crippen molar-refractivity contribution in [3.8, 4) is 11.1 Å². The molecule has 0 bridgehead atoms. The molecule has 4 aromatic rings. The maximum atomic E-state index is 12.7. The van der Waals surface area contributed by atoms with Crippen molar-refractivity contribution in [2.75, 3.05) is 5.32 Å². The summed E-state index contributed by atoms with van der Waals surface area (Å²) in [6, 6.07) is 20.3. The molecule has 0 amide bonds. The highest BCUT2D eigenvalue weighted by Crippen LogP contribution is 2.33. The number of nitrogens with zero attached hydrogens (tertiary/aromatic N) is 2. The van der Waals surface area contributed by atoms with Gasteiger partial charge in [-0.25, -0.2) is 0 Å². The smallest absolute Gasteiger partial charge is 0.166 e. The number of aryl methyl sites for hydroxylation is 1. The Labute approximate surface area is 183 Å². The van der Waals surface area contributed by atoms with E-state index in [-0.39, 0.29) is 5.78 Å². The second kappa shape index (κ2) is 9.52. The fourth-order valence-corrected chi connectivity index (χ4v) is 3.68. The standard InChI is InChI=1S/C27H27N3O/c1-3-5-9-21-14-12-20(17-28-21)19-13-15-25-23(16-19)27(24(18-29-25)26(31)4-2)30-22-10-7-6-8-11-22/h6-8,10-18H,3-5,9H2,1-2H3,(H,29,30). The lowest BCUT2D eigenvalue weighted by atomic mass is 10.00. The number of para-hydroxylation sites is 1. The molecule has 0 radical (unpaired) electrons. The Bertz CT molecular complexity index is 1180. The van der Waals surface area contributed by atoms with Gasteiger partial charge in [-0.3, -0.25) is 14.8 Å². The van der Waals surface area contributed by atoms with Gasteiger partial charge < -0.3 is 5.32 Å². The Morgan fingerprint density at radius 3 is 2.42 bits per heavy atom. The molecule has 0 atom stereocenters. The second-order valence-corrected chi connectivity index (χ2v) is 7.69. The molecule has 4 heteroatoms. The third-order valence-electron chi connectivity index (χ3n) is 5.48. The Morgan fingerprint density at radius 1 is 0.903 bits per heavy atom. The van der Waals surface area contributed by atoms with E-state index in [1.165, 1.54) is 0 Å². The van der Waals surface area contributed by atoms with Crippen molar-refractivity contribution in [3.63, 3.8) is 0 Å². The SMILES string of the molecule is CCCCc1ccc(-c2ccc3ncc(C(=O)CC)c(Nc4ccccc4)c3c2)cn1. The summed E-state index contributed by atoms with van der Waals surface area (Å²) in [6.07, 6.45) is 7.37. The van der Waals surface area contributed by atoms with Crippen molar-refractivity contribution in [2.45, 2.75) is 39.5 Å². The molecule has 4 nitrogen and oxygen atoms in total. The Morgan fingerprint density at radius 2 is 1.71 bits per heavy atom. The Hall–Kier alpha value is -3.53. The summed E-state index contributed by atoms with van der Waals surface area (Å²) in [5.41, 5.74) is 6.44. The quantitative estimate of drug-likeness (QED) is 0.319. The molecule has 0 aliphatic carbocycles. The van der Waals surface area contributed by atoms with Crippen molar-refractivity contribution in [3.05, 3.63) is 84.3 Å². The van der Waals surface area contributed by atoms with Crippen LogP contribution in [0.3, 0.4) is 0 Å². The molecule has 0 saturated heterocycles. The number of fused-ring (bicyclic) bond motifs is 1. The number of ketones is 1. The average molecular weight is 410 g/mol. The third kappa shape index (κ3) is 4.64. The molecular formula is C27H27N3O. The highest BCUT2D eigenvalue weighted by Gasteiger charge is 2.15. The van der Waals surface area contributed by atoms with E-state index in [2.05, 4.69) is 46.5 Å². The van der Waals surface area contributed by atoms with Gasteiger partial charge in [0.05, 0.1) is 16.8 Å². The topological polar surface area (TPSA) is 54.9 Å². The van der Waals surface area contributed by atoms with Crippen molar-refractivity contribution in [2.24, 2.45) is 0 Å². The summed E-state index contributed by atoms with van der Waals surface area (Å²) in [5, 5.41) is 4.39. The fraction of sp³-hybridized carbons (Fsp3) is 0.222. The van der Waals surface area contributed by atoms with Crippen LogP contribution in [0.15, 0.2) is 73.1 Å². The van der Waals surface area contributed by atoms with Crippen LogP contribution < -0.4 is 5.32 Å². The first kappa shape index (κ1) is 20.7. The number of hydrogen-bond acceptors (Lipinski definition) is 4. The molecule has 2 aromatic carbocycles. The van der Waals surface area contributed by atoms with Crippen molar-refractivity contribution in [1.29, 1.82) is 0 Å². The van der Waals surface area contributed by atoms with Gasteiger partial charge in [0.25, 0.3) is 0 Å². The van der Waals surface area contributed by atoms with E-state index < -0.39 is 0 Å². The third-order valence-corrected chi connectivity index (χ3v) is 5.48. The van der Waals surface area contributed by atoms with E-state index in [4.69, 9.17) is 0 Å². The minimum Gasteiger partial charge on any atom is -0.354 e. The molecule has 4 rings (SSSR count). The van der Waals surface area contributed by atoms with Crippen molar-refractivity contribution in [1.82, 2.24) is 9.97 Å². The average Bonchev–Trinajstić information content (AvgIpc) is 2.83. The minimum atomic E-state index is 0.0696. The zero-order valence-electron chi connectivity index (χ0n) is 18.1. The number of carbonyl (C=O) groups excluding carboxylic acids is 1. The molecule has 156 valence electrons. The number of carbonyl (C=O) groups is 1. The van der Waals surface area contributed by atoms with Gasteiger partial charge >= 0.3 is 0 Å². The van der Waals surface area contributed by atoms with Gasteiger partial charge in [0.1, 0.15) is 0 Å². The number of pyridine rings is 2. The maximum absolute atomic E-state index is 12.7. The number of Topliss-reactive ketones (excluding diaryl/α,β-unsaturated/α-hetero) is 1. The first-order chi connectivity index (χ1) is 15.2. The largest absolute Gasteiger partial charge is 0.354 e. The first-order valence-corrected chi connectivity index (χ1v) is 10.9. The Balaban J connectivity index is 1.79. The number of benzene rings is 2. The van der Waals surface area contributed by atoms with Gasteiger partial charge in [-0.15, -0.1) is 0 Å². The monoisotopic (exact) mass is 409 g/mol. The molecule has 0 saturated carbocycles. The molecule has 0 fully saturated rings. The van der Waals surface area contributed by atoms with Crippen LogP contribution in [0.5, 0.6) is 0 Å². The van der Waals surface area contributed by atoms with Gasteiger partial charge in [-0.1, -0.05) is 50.6 Å². The van der Waals surface area contributed by atoms with Crippen LogP contribution in [0.2, 0.25) is 0 Å². The van der Waals surface area contributed by atoms with Crippen LogP contribution >= 0.6 is 0 Å². The summed E-state index contributed by atoms with van der Waals surface area (Å²) in [7, 11) is 0. The molecule has 0 unspecified atom stereocenters.